The molecule has 0 unspecified atom stereocenters. The zero-order valence-electron chi connectivity index (χ0n) is 24.3. The molecule has 0 radical (unpaired) electrons. The molecule has 0 N–H and O–H groups in total. The van der Waals surface area contributed by atoms with E-state index in [1.165, 1.54) is 92.0 Å². The molecule has 9 rings (SSSR count). The summed E-state index contributed by atoms with van der Waals surface area (Å²) in [5.41, 5.74) is 17.4. The van der Waals surface area contributed by atoms with Gasteiger partial charge in [0.25, 0.3) is 0 Å². The Morgan fingerprint density at radius 2 is 0.953 bits per heavy atom. The lowest BCUT2D eigenvalue weighted by Gasteiger charge is -2.45. The second-order valence-electron chi connectivity index (χ2n) is 11.9. The van der Waals surface area contributed by atoms with Crippen molar-refractivity contribution in [1.29, 1.82) is 0 Å². The molecule has 0 amide bonds. The molecule has 0 atom stereocenters. The summed E-state index contributed by atoms with van der Waals surface area (Å²) >= 11 is 3.86. The lowest BCUT2D eigenvalue weighted by molar-refractivity contribution is 1.09. The highest BCUT2D eigenvalue weighted by atomic mass is 32.2. The van der Waals surface area contributed by atoms with Crippen LogP contribution in [-0.2, 0) is 0 Å². The van der Waals surface area contributed by atoms with Gasteiger partial charge in [-0.15, -0.1) is 0 Å². The van der Waals surface area contributed by atoms with Gasteiger partial charge in [0.2, 0.25) is 6.71 Å². The van der Waals surface area contributed by atoms with Crippen LogP contribution in [0.5, 0.6) is 0 Å². The summed E-state index contributed by atoms with van der Waals surface area (Å²) in [6.45, 7) is 6.95. The number of hydrogen-bond acceptors (Lipinski definition) is 3. The number of aryl methyl sites for hydroxylation is 3. The number of benzene rings is 6. The average molecular weight is 586 g/mol. The van der Waals surface area contributed by atoms with Gasteiger partial charge in [0, 0.05) is 19.6 Å². The second-order valence-corrected chi connectivity index (χ2v) is 14.1. The van der Waals surface area contributed by atoms with Crippen LogP contribution in [0.2, 0.25) is 0 Å². The summed E-state index contributed by atoms with van der Waals surface area (Å²) in [5.74, 6) is 0. The molecule has 3 heterocycles. The number of anilines is 3. The molecular weight excluding hydrogens is 557 g/mol. The Balaban J connectivity index is 1.43. The van der Waals surface area contributed by atoms with Crippen LogP contribution >= 0.6 is 23.5 Å². The fourth-order valence-corrected chi connectivity index (χ4v) is 9.92. The Hall–Kier alpha value is -4.12. The van der Waals surface area contributed by atoms with E-state index < -0.39 is 0 Å². The summed E-state index contributed by atoms with van der Waals surface area (Å²) in [7, 11) is 0. The molecule has 0 bridgehead atoms. The van der Waals surface area contributed by atoms with E-state index >= 15 is 0 Å². The fourth-order valence-electron chi connectivity index (χ4n) is 7.51. The van der Waals surface area contributed by atoms with Crippen molar-refractivity contribution in [3.8, 4) is 22.3 Å². The minimum absolute atomic E-state index is 0.125. The van der Waals surface area contributed by atoms with Crippen molar-refractivity contribution in [1.82, 2.24) is 0 Å². The smallest absolute Gasteiger partial charge is 0.247 e. The predicted molar refractivity (Wildman–Crippen MR) is 186 cm³/mol. The van der Waals surface area contributed by atoms with E-state index in [1.807, 2.05) is 23.5 Å². The summed E-state index contributed by atoms with van der Waals surface area (Å²) < 4.78 is 0. The molecule has 0 saturated carbocycles. The monoisotopic (exact) mass is 585 g/mol. The van der Waals surface area contributed by atoms with Crippen LogP contribution in [0.25, 0.3) is 22.3 Å². The summed E-state index contributed by atoms with van der Waals surface area (Å²) in [5, 5.41) is 0. The van der Waals surface area contributed by atoms with Crippen LogP contribution < -0.4 is 21.3 Å². The van der Waals surface area contributed by atoms with E-state index in [0.29, 0.717) is 0 Å². The molecule has 3 aliphatic rings. The summed E-state index contributed by atoms with van der Waals surface area (Å²) in [6.07, 6.45) is 0. The first-order chi connectivity index (χ1) is 21.0. The average Bonchev–Trinajstić information content (AvgIpc) is 3.02. The Morgan fingerprint density at radius 3 is 1.44 bits per heavy atom. The molecule has 0 fully saturated rings. The van der Waals surface area contributed by atoms with E-state index in [0.717, 1.165) is 0 Å². The standard InChI is InChI=1S/C39H28BNS2/c1-23-17-24(2)36(25(3)18-23)40-30-19-28(26-11-6-4-7-12-26)21-34-37(30)41-38-31(40)20-29(27-13-8-5-9-14-27)22-35(38)43-33-16-10-15-32(42-34)39(33)41/h4-22H,1-3H3. The first-order valence-corrected chi connectivity index (χ1v) is 16.5. The highest BCUT2D eigenvalue weighted by Crippen LogP contribution is 2.61. The molecule has 0 spiro atoms. The summed E-state index contributed by atoms with van der Waals surface area (Å²) in [6, 6.07) is 43.2. The summed E-state index contributed by atoms with van der Waals surface area (Å²) in [4.78, 5) is 7.96. The van der Waals surface area contributed by atoms with Crippen molar-refractivity contribution < 1.29 is 0 Å². The van der Waals surface area contributed by atoms with Crippen molar-refractivity contribution >= 4 is 63.7 Å². The van der Waals surface area contributed by atoms with Crippen LogP contribution in [-0.4, -0.2) is 6.71 Å². The molecule has 6 aromatic rings. The molecule has 204 valence electrons. The van der Waals surface area contributed by atoms with Gasteiger partial charge < -0.3 is 4.90 Å². The lowest BCUT2D eigenvalue weighted by atomic mass is 9.33. The number of hydrogen-bond donors (Lipinski definition) is 0. The predicted octanol–water partition coefficient (Wildman–Crippen LogP) is 9.17. The van der Waals surface area contributed by atoms with Crippen LogP contribution in [0, 0.1) is 20.8 Å². The molecule has 6 aromatic carbocycles. The minimum Gasteiger partial charge on any atom is -0.307 e. The van der Waals surface area contributed by atoms with Crippen LogP contribution in [0.4, 0.5) is 17.1 Å². The van der Waals surface area contributed by atoms with Crippen molar-refractivity contribution in [3.05, 3.63) is 132 Å². The van der Waals surface area contributed by atoms with Gasteiger partial charge in [-0.2, -0.15) is 0 Å². The maximum Gasteiger partial charge on any atom is 0.247 e. The zero-order chi connectivity index (χ0) is 28.8. The van der Waals surface area contributed by atoms with Crippen LogP contribution in [0.3, 0.4) is 0 Å². The molecular formula is C39H28BNS2. The number of para-hydroxylation sites is 1. The van der Waals surface area contributed by atoms with Gasteiger partial charge in [-0.3, -0.25) is 0 Å². The van der Waals surface area contributed by atoms with E-state index in [4.69, 9.17) is 0 Å². The zero-order valence-corrected chi connectivity index (χ0v) is 25.9. The van der Waals surface area contributed by atoms with Gasteiger partial charge in [-0.25, -0.2) is 0 Å². The first-order valence-electron chi connectivity index (χ1n) is 14.9. The van der Waals surface area contributed by atoms with Gasteiger partial charge in [-0.05, 0) is 78.2 Å². The first kappa shape index (κ1) is 25.4. The fraction of sp³-hybridized carbons (Fsp3) is 0.0769. The van der Waals surface area contributed by atoms with E-state index in [9.17, 15) is 0 Å². The quantitative estimate of drug-likeness (QED) is 0.190. The molecule has 43 heavy (non-hydrogen) atoms. The Bertz CT molecular complexity index is 1980. The van der Waals surface area contributed by atoms with Gasteiger partial charge in [0.15, 0.2) is 0 Å². The minimum atomic E-state index is 0.125. The third kappa shape index (κ3) is 3.76. The van der Waals surface area contributed by atoms with Crippen molar-refractivity contribution in [2.45, 2.75) is 40.4 Å². The third-order valence-electron chi connectivity index (χ3n) is 9.14. The van der Waals surface area contributed by atoms with Gasteiger partial charge in [-0.1, -0.05) is 137 Å². The molecule has 3 aliphatic heterocycles. The lowest BCUT2D eigenvalue weighted by Crippen LogP contribution is -2.59. The second kappa shape index (κ2) is 9.44. The largest absolute Gasteiger partial charge is 0.307 e. The topological polar surface area (TPSA) is 3.24 Å². The van der Waals surface area contributed by atoms with E-state index in [1.54, 1.807) is 0 Å². The van der Waals surface area contributed by atoms with E-state index in [-0.39, 0.29) is 6.71 Å². The number of rotatable bonds is 3. The van der Waals surface area contributed by atoms with Crippen molar-refractivity contribution in [2.24, 2.45) is 0 Å². The molecule has 1 nitrogen and oxygen atoms in total. The van der Waals surface area contributed by atoms with Crippen molar-refractivity contribution in [3.63, 3.8) is 0 Å². The molecule has 0 saturated heterocycles. The van der Waals surface area contributed by atoms with Gasteiger partial charge in [0.1, 0.15) is 0 Å². The SMILES string of the molecule is Cc1cc(C)c(B2c3cc(-c4ccccc4)cc4c3N3c5c(cccc5Sc5cc(-c6ccccc6)cc2c53)S4)c(C)c1. The highest BCUT2D eigenvalue weighted by molar-refractivity contribution is 8.00. The Morgan fingerprint density at radius 1 is 0.465 bits per heavy atom. The molecule has 0 aromatic heterocycles. The normalized spacial score (nSPS) is 13.7. The Kier molecular flexibility index (Phi) is 5.57. The maximum atomic E-state index is 2.62. The molecule has 0 aliphatic carbocycles. The van der Waals surface area contributed by atoms with E-state index in [2.05, 4.69) is 141 Å². The van der Waals surface area contributed by atoms with Gasteiger partial charge in [0.05, 0.1) is 17.1 Å². The maximum absolute atomic E-state index is 2.62. The highest BCUT2D eigenvalue weighted by Gasteiger charge is 2.44. The van der Waals surface area contributed by atoms with Crippen LogP contribution in [0.1, 0.15) is 16.7 Å². The third-order valence-corrected chi connectivity index (χ3v) is 11.3. The molecule has 4 heteroatoms. The van der Waals surface area contributed by atoms with Crippen LogP contribution in [0.15, 0.2) is 135 Å². The van der Waals surface area contributed by atoms with Gasteiger partial charge >= 0.3 is 0 Å². The van der Waals surface area contributed by atoms with Crippen molar-refractivity contribution in [2.75, 3.05) is 4.90 Å². The number of nitrogens with zero attached hydrogens (tertiary/aromatic N) is 1. The Labute approximate surface area is 262 Å².